The lowest BCUT2D eigenvalue weighted by atomic mass is 10.4. The average molecular weight is 237 g/mol. The SMILES string of the molecule is NC(=S)n1nnnc1Sc1ccccc1. The van der Waals surface area contributed by atoms with Crippen molar-refractivity contribution >= 4 is 29.1 Å². The Kier molecular flexibility index (Phi) is 2.93. The Labute approximate surface area is 95.7 Å². The molecule has 0 amide bonds. The highest BCUT2D eigenvalue weighted by Crippen LogP contribution is 2.24. The number of aromatic nitrogens is 4. The van der Waals surface area contributed by atoms with Gasteiger partial charge in [0.25, 0.3) is 0 Å². The van der Waals surface area contributed by atoms with Crippen molar-refractivity contribution in [2.75, 3.05) is 0 Å². The van der Waals surface area contributed by atoms with Crippen molar-refractivity contribution in [3.63, 3.8) is 0 Å². The average Bonchev–Trinajstić information content (AvgIpc) is 2.67. The van der Waals surface area contributed by atoms with Gasteiger partial charge in [-0.1, -0.05) is 18.2 Å². The second kappa shape index (κ2) is 4.37. The first-order valence-corrected chi connectivity index (χ1v) is 5.31. The summed E-state index contributed by atoms with van der Waals surface area (Å²) in [5.41, 5.74) is 5.45. The first kappa shape index (κ1) is 10.1. The molecule has 5 nitrogen and oxygen atoms in total. The lowest BCUT2D eigenvalue weighted by Crippen LogP contribution is -2.21. The lowest BCUT2D eigenvalue weighted by Gasteiger charge is -2.00. The summed E-state index contributed by atoms with van der Waals surface area (Å²) in [6.07, 6.45) is 0. The molecule has 1 aromatic heterocycles. The van der Waals surface area contributed by atoms with Crippen molar-refractivity contribution in [3.05, 3.63) is 30.3 Å². The number of benzene rings is 1. The van der Waals surface area contributed by atoms with Crippen molar-refractivity contribution in [1.82, 2.24) is 20.2 Å². The standard InChI is InChI=1S/C8H7N5S2/c9-7(14)13-8(10-11-12-13)15-6-4-2-1-3-5-6/h1-5H,(H2,9,14). The summed E-state index contributed by atoms with van der Waals surface area (Å²) in [5.74, 6) is 0. The molecule has 0 aliphatic rings. The molecule has 0 radical (unpaired) electrons. The molecule has 15 heavy (non-hydrogen) atoms. The summed E-state index contributed by atoms with van der Waals surface area (Å²) in [6, 6.07) is 9.75. The minimum Gasteiger partial charge on any atom is -0.374 e. The van der Waals surface area contributed by atoms with Crippen LogP contribution in [0.4, 0.5) is 0 Å². The third kappa shape index (κ3) is 2.31. The summed E-state index contributed by atoms with van der Waals surface area (Å²) in [5, 5.41) is 11.7. The first-order valence-electron chi connectivity index (χ1n) is 4.08. The molecule has 76 valence electrons. The van der Waals surface area contributed by atoms with Crippen LogP contribution in [-0.2, 0) is 0 Å². The predicted octanol–water partition coefficient (Wildman–Crippen LogP) is 0.916. The third-order valence-electron chi connectivity index (χ3n) is 1.60. The van der Waals surface area contributed by atoms with Crippen molar-refractivity contribution in [3.8, 4) is 0 Å². The fourth-order valence-corrected chi connectivity index (χ4v) is 1.96. The Hall–Kier alpha value is -1.47. The van der Waals surface area contributed by atoms with Crippen LogP contribution >= 0.6 is 24.0 Å². The van der Waals surface area contributed by atoms with Crippen LogP contribution in [0.15, 0.2) is 40.4 Å². The van der Waals surface area contributed by atoms with Gasteiger partial charge in [-0.15, -0.1) is 5.10 Å². The van der Waals surface area contributed by atoms with Crippen LogP contribution in [0.25, 0.3) is 0 Å². The zero-order valence-corrected chi connectivity index (χ0v) is 9.20. The highest BCUT2D eigenvalue weighted by molar-refractivity contribution is 7.99. The van der Waals surface area contributed by atoms with Gasteiger partial charge in [-0.3, -0.25) is 0 Å². The third-order valence-corrected chi connectivity index (χ3v) is 2.72. The molecule has 0 bridgehead atoms. The van der Waals surface area contributed by atoms with Crippen LogP contribution in [0, 0.1) is 0 Å². The van der Waals surface area contributed by atoms with Crippen molar-refractivity contribution in [2.24, 2.45) is 5.73 Å². The Morgan fingerprint density at radius 3 is 2.73 bits per heavy atom. The van der Waals surface area contributed by atoms with E-state index in [2.05, 4.69) is 15.5 Å². The van der Waals surface area contributed by atoms with Gasteiger partial charge in [0, 0.05) is 4.90 Å². The van der Waals surface area contributed by atoms with E-state index in [-0.39, 0.29) is 5.11 Å². The maximum Gasteiger partial charge on any atom is 0.221 e. The summed E-state index contributed by atoms with van der Waals surface area (Å²) >= 11 is 6.21. The van der Waals surface area contributed by atoms with Crippen LogP contribution in [0.5, 0.6) is 0 Å². The number of hydrogen-bond donors (Lipinski definition) is 1. The number of thiocarbonyl (C=S) groups is 1. The predicted molar refractivity (Wildman–Crippen MR) is 60.6 cm³/mol. The van der Waals surface area contributed by atoms with Crippen molar-refractivity contribution < 1.29 is 0 Å². The van der Waals surface area contributed by atoms with Gasteiger partial charge in [0.15, 0.2) is 5.11 Å². The lowest BCUT2D eigenvalue weighted by molar-refractivity contribution is 0.800. The fourth-order valence-electron chi connectivity index (χ4n) is 0.975. The highest BCUT2D eigenvalue weighted by atomic mass is 32.2. The van der Waals surface area contributed by atoms with Crippen LogP contribution in [0.3, 0.4) is 0 Å². The number of nitrogens with two attached hydrogens (primary N) is 1. The van der Waals surface area contributed by atoms with E-state index in [0.29, 0.717) is 5.16 Å². The van der Waals surface area contributed by atoms with Gasteiger partial charge < -0.3 is 5.73 Å². The quantitative estimate of drug-likeness (QED) is 0.783. The Balaban J connectivity index is 2.25. The molecule has 0 atom stereocenters. The Morgan fingerprint density at radius 2 is 2.07 bits per heavy atom. The molecule has 2 N–H and O–H groups in total. The molecule has 1 heterocycles. The van der Waals surface area contributed by atoms with E-state index in [1.807, 2.05) is 30.3 Å². The second-order valence-electron chi connectivity index (χ2n) is 2.63. The molecule has 0 saturated carbocycles. The molecule has 0 spiro atoms. The van der Waals surface area contributed by atoms with Crippen molar-refractivity contribution in [1.29, 1.82) is 0 Å². The van der Waals surface area contributed by atoms with E-state index < -0.39 is 0 Å². The van der Waals surface area contributed by atoms with E-state index in [1.54, 1.807) is 0 Å². The molecule has 0 fully saturated rings. The largest absolute Gasteiger partial charge is 0.374 e. The van der Waals surface area contributed by atoms with Gasteiger partial charge in [0.1, 0.15) is 0 Å². The van der Waals surface area contributed by atoms with Gasteiger partial charge >= 0.3 is 0 Å². The molecule has 0 saturated heterocycles. The molecular weight excluding hydrogens is 230 g/mol. The van der Waals surface area contributed by atoms with Crippen LogP contribution in [0.2, 0.25) is 0 Å². The minimum atomic E-state index is 0.137. The summed E-state index contributed by atoms with van der Waals surface area (Å²) in [4.78, 5) is 1.03. The zero-order chi connectivity index (χ0) is 10.7. The number of hydrogen-bond acceptors (Lipinski definition) is 5. The minimum absolute atomic E-state index is 0.137. The van der Waals surface area contributed by atoms with Gasteiger partial charge in [-0.25, -0.2) is 0 Å². The Morgan fingerprint density at radius 1 is 1.33 bits per heavy atom. The first-order chi connectivity index (χ1) is 7.27. The maximum atomic E-state index is 5.45. The molecule has 1 aromatic carbocycles. The van der Waals surface area contributed by atoms with Gasteiger partial charge in [0.05, 0.1) is 0 Å². The molecular formula is C8H7N5S2. The number of nitrogens with zero attached hydrogens (tertiary/aromatic N) is 4. The van der Waals surface area contributed by atoms with Gasteiger partial charge in [-0.2, -0.15) is 4.68 Å². The van der Waals surface area contributed by atoms with Crippen LogP contribution in [-0.4, -0.2) is 25.3 Å². The molecule has 2 rings (SSSR count). The summed E-state index contributed by atoms with van der Waals surface area (Å²) in [7, 11) is 0. The smallest absolute Gasteiger partial charge is 0.221 e. The van der Waals surface area contributed by atoms with Crippen molar-refractivity contribution in [2.45, 2.75) is 10.1 Å². The zero-order valence-electron chi connectivity index (χ0n) is 7.57. The molecule has 0 aliphatic carbocycles. The molecule has 2 aromatic rings. The maximum absolute atomic E-state index is 5.45. The normalized spacial score (nSPS) is 10.1. The fraction of sp³-hybridized carbons (Fsp3) is 0. The molecule has 7 heteroatoms. The summed E-state index contributed by atoms with van der Waals surface area (Å²) < 4.78 is 1.33. The van der Waals surface area contributed by atoms with E-state index in [0.717, 1.165) is 4.90 Å². The van der Waals surface area contributed by atoms with E-state index >= 15 is 0 Å². The second-order valence-corrected chi connectivity index (χ2v) is 4.09. The molecule has 0 unspecified atom stereocenters. The van der Waals surface area contributed by atoms with Gasteiger partial charge in [0.2, 0.25) is 5.16 Å². The monoisotopic (exact) mass is 237 g/mol. The topological polar surface area (TPSA) is 69.6 Å². The van der Waals surface area contributed by atoms with E-state index in [4.69, 9.17) is 18.0 Å². The van der Waals surface area contributed by atoms with Gasteiger partial charge in [-0.05, 0) is 46.5 Å². The molecule has 0 aliphatic heterocycles. The Bertz CT molecular complexity index is 467. The van der Waals surface area contributed by atoms with E-state index in [1.165, 1.54) is 16.4 Å². The van der Waals surface area contributed by atoms with Crippen LogP contribution in [0.1, 0.15) is 0 Å². The highest BCUT2D eigenvalue weighted by Gasteiger charge is 2.09. The van der Waals surface area contributed by atoms with E-state index in [9.17, 15) is 0 Å². The number of tetrazole rings is 1. The summed E-state index contributed by atoms with van der Waals surface area (Å²) in [6.45, 7) is 0. The number of rotatable bonds is 2. The van der Waals surface area contributed by atoms with Crippen LogP contribution < -0.4 is 5.73 Å².